The predicted molar refractivity (Wildman–Crippen MR) is 207 cm³/mol. The van der Waals surface area contributed by atoms with Crippen LogP contribution in [0.15, 0.2) is 174 Å². The number of thiazole rings is 1. The molecule has 0 amide bonds. The van der Waals surface area contributed by atoms with Gasteiger partial charge in [-0.2, -0.15) is 0 Å². The van der Waals surface area contributed by atoms with Gasteiger partial charge in [-0.15, -0.1) is 11.3 Å². The molecule has 3 nitrogen and oxygen atoms in total. The summed E-state index contributed by atoms with van der Waals surface area (Å²) in [6.07, 6.45) is 0. The van der Waals surface area contributed by atoms with Gasteiger partial charge in [0.1, 0.15) is 16.1 Å². The smallest absolute Gasteiger partial charge is 0.162 e. The second kappa shape index (κ2) is 11.2. The average Bonchev–Trinajstić information content (AvgIpc) is 3.78. The molecule has 0 radical (unpaired) electrons. The van der Waals surface area contributed by atoms with Crippen molar-refractivity contribution in [3.05, 3.63) is 170 Å². The highest BCUT2D eigenvalue weighted by atomic mass is 32.1. The average molecular weight is 645 g/mol. The lowest BCUT2D eigenvalue weighted by molar-refractivity contribution is 0.675. The van der Waals surface area contributed by atoms with Crippen molar-refractivity contribution >= 4 is 82.1 Å². The first kappa shape index (κ1) is 27.8. The maximum atomic E-state index is 6.85. The minimum atomic E-state index is 0.829. The van der Waals surface area contributed by atoms with Crippen molar-refractivity contribution in [1.82, 2.24) is 4.98 Å². The fourth-order valence-electron chi connectivity index (χ4n) is 7.12. The van der Waals surface area contributed by atoms with Gasteiger partial charge >= 0.3 is 0 Å². The van der Waals surface area contributed by atoms with E-state index in [0.29, 0.717) is 0 Å². The molecule has 0 fully saturated rings. The van der Waals surface area contributed by atoms with Crippen LogP contribution in [0.25, 0.3) is 75.4 Å². The van der Waals surface area contributed by atoms with E-state index < -0.39 is 0 Å². The van der Waals surface area contributed by atoms with Crippen LogP contribution in [0.4, 0.5) is 17.1 Å². The highest BCUT2D eigenvalue weighted by molar-refractivity contribution is 7.21. The molecule has 4 heteroatoms. The van der Waals surface area contributed by atoms with Gasteiger partial charge in [-0.25, -0.2) is 4.98 Å². The molecule has 0 N–H and O–H groups in total. The van der Waals surface area contributed by atoms with Crippen LogP contribution in [0.2, 0.25) is 0 Å². The second-order valence-corrected chi connectivity index (χ2v) is 13.4. The van der Waals surface area contributed by atoms with Gasteiger partial charge in [-0.1, -0.05) is 121 Å². The Hall–Kier alpha value is -6.23. The lowest BCUT2D eigenvalue weighted by Crippen LogP contribution is -2.10. The summed E-state index contributed by atoms with van der Waals surface area (Å²) in [4.78, 5) is 7.57. The van der Waals surface area contributed by atoms with Crippen molar-refractivity contribution in [3.8, 4) is 21.7 Å². The van der Waals surface area contributed by atoms with E-state index in [2.05, 4.69) is 175 Å². The molecule has 0 saturated carbocycles. The third-order valence-corrected chi connectivity index (χ3v) is 10.5. The number of hydrogen-bond donors (Lipinski definition) is 0. The third-order valence-electron chi connectivity index (χ3n) is 9.45. The Kier molecular flexibility index (Phi) is 6.36. The molecule has 0 aliphatic heterocycles. The molecule has 0 aliphatic carbocycles. The molecule has 2 heterocycles. The Morgan fingerprint density at radius 1 is 0.449 bits per heavy atom. The van der Waals surface area contributed by atoms with Gasteiger partial charge in [-0.05, 0) is 70.4 Å². The van der Waals surface area contributed by atoms with Crippen LogP contribution in [0.3, 0.4) is 0 Å². The molecular formula is C45H28N2OS. The minimum Gasteiger partial charge on any atom is -0.453 e. The van der Waals surface area contributed by atoms with E-state index in [4.69, 9.17) is 9.40 Å². The Bertz CT molecular complexity index is 2840. The lowest BCUT2D eigenvalue weighted by atomic mass is 10.0. The number of furan rings is 1. The van der Waals surface area contributed by atoms with Crippen LogP contribution in [-0.4, -0.2) is 4.98 Å². The maximum absolute atomic E-state index is 6.85. The Morgan fingerprint density at radius 2 is 1.14 bits per heavy atom. The fraction of sp³-hybridized carbons (Fsp3) is 0. The zero-order chi connectivity index (χ0) is 32.3. The molecule has 0 aliphatic rings. The molecule has 0 spiro atoms. The zero-order valence-corrected chi connectivity index (χ0v) is 27.2. The number of benzene rings is 8. The van der Waals surface area contributed by atoms with Crippen LogP contribution in [-0.2, 0) is 0 Å². The van der Waals surface area contributed by atoms with E-state index in [9.17, 15) is 0 Å². The van der Waals surface area contributed by atoms with Crippen LogP contribution >= 0.6 is 11.3 Å². The van der Waals surface area contributed by atoms with Crippen LogP contribution in [0.1, 0.15) is 0 Å². The van der Waals surface area contributed by atoms with Crippen molar-refractivity contribution in [3.63, 3.8) is 0 Å². The molecule has 230 valence electrons. The summed E-state index contributed by atoms with van der Waals surface area (Å²) >= 11 is 1.71. The summed E-state index contributed by atoms with van der Waals surface area (Å²) in [5.41, 5.74) is 9.37. The van der Waals surface area contributed by atoms with E-state index in [-0.39, 0.29) is 0 Å². The number of aromatic nitrogens is 1. The fourth-order valence-corrected chi connectivity index (χ4v) is 8.08. The van der Waals surface area contributed by atoms with E-state index in [0.717, 1.165) is 70.6 Å². The Balaban J connectivity index is 1.20. The van der Waals surface area contributed by atoms with E-state index >= 15 is 0 Å². The molecular weight excluding hydrogens is 617 g/mol. The van der Waals surface area contributed by atoms with E-state index in [1.54, 1.807) is 11.3 Å². The summed E-state index contributed by atoms with van der Waals surface area (Å²) in [5.74, 6) is 0. The Labute approximate surface area is 286 Å². The van der Waals surface area contributed by atoms with Crippen LogP contribution in [0.5, 0.6) is 0 Å². The number of nitrogens with zero attached hydrogens (tertiary/aromatic N) is 2. The quantitative estimate of drug-likeness (QED) is 0.187. The first-order valence-electron chi connectivity index (χ1n) is 16.5. The summed E-state index contributed by atoms with van der Waals surface area (Å²) in [5, 5.41) is 7.77. The first-order valence-corrected chi connectivity index (χ1v) is 17.3. The number of anilines is 3. The number of hydrogen-bond acceptors (Lipinski definition) is 4. The summed E-state index contributed by atoms with van der Waals surface area (Å²) < 4.78 is 7.96. The molecule has 0 atom stereocenters. The molecule has 49 heavy (non-hydrogen) atoms. The zero-order valence-electron chi connectivity index (χ0n) is 26.4. The highest BCUT2D eigenvalue weighted by Gasteiger charge is 2.22. The standard InChI is InChI=1S/C45H28N2OS/c1-3-12-29(13-4-1)32-16-11-19-35(27-32)47(34-17-5-2-6-18-34)40-28-39-38-24-25-41-42(44(38)48-43(39)37-21-10-9-20-36(37)40)46-45(49-41)33-23-22-30-14-7-8-15-31(30)26-33/h1-28H. The number of fused-ring (bicyclic) bond motifs is 8. The van der Waals surface area contributed by atoms with Gasteiger partial charge in [0.2, 0.25) is 0 Å². The van der Waals surface area contributed by atoms with E-state index in [1.165, 1.54) is 21.9 Å². The van der Waals surface area contributed by atoms with Crippen LogP contribution < -0.4 is 4.90 Å². The van der Waals surface area contributed by atoms with Crippen LogP contribution in [0, 0.1) is 0 Å². The van der Waals surface area contributed by atoms with Gasteiger partial charge < -0.3 is 9.32 Å². The highest BCUT2D eigenvalue weighted by Crippen LogP contribution is 2.46. The maximum Gasteiger partial charge on any atom is 0.162 e. The Morgan fingerprint density at radius 3 is 2.00 bits per heavy atom. The number of rotatable bonds is 5. The summed E-state index contributed by atoms with van der Waals surface area (Å²) in [6, 6.07) is 60.3. The first-order chi connectivity index (χ1) is 24.3. The molecule has 10 aromatic rings. The van der Waals surface area contributed by atoms with Gasteiger partial charge in [0.15, 0.2) is 5.58 Å². The SMILES string of the molecule is c1ccc(-c2cccc(N(c3ccccc3)c3cc4c5ccc6sc(-c7ccc8ccccc8c7)nc6c5oc4c4ccccc34)c2)cc1. The monoisotopic (exact) mass is 644 g/mol. The summed E-state index contributed by atoms with van der Waals surface area (Å²) in [7, 11) is 0. The normalized spacial score (nSPS) is 11.7. The van der Waals surface area contributed by atoms with Crippen molar-refractivity contribution in [2.24, 2.45) is 0 Å². The summed E-state index contributed by atoms with van der Waals surface area (Å²) in [6.45, 7) is 0. The molecule has 2 aromatic heterocycles. The van der Waals surface area contributed by atoms with Gasteiger partial charge in [0.25, 0.3) is 0 Å². The van der Waals surface area contributed by atoms with Crippen molar-refractivity contribution in [1.29, 1.82) is 0 Å². The minimum absolute atomic E-state index is 0.829. The number of para-hydroxylation sites is 1. The van der Waals surface area contributed by atoms with Crippen molar-refractivity contribution in [2.45, 2.75) is 0 Å². The van der Waals surface area contributed by atoms with Crippen molar-refractivity contribution < 1.29 is 4.42 Å². The second-order valence-electron chi connectivity index (χ2n) is 12.4. The molecule has 0 saturated heterocycles. The lowest BCUT2D eigenvalue weighted by Gasteiger charge is -2.27. The molecule has 8 aromatic carbocycles. The van der Waals surface area contributed by atoms with Gasteiger partial charge in [0.05, 0.1) is 10.4 Å². The van der Waals surface area contributed by atoms with E-state index in [1.807, 2.05) is 0 Å². The molecule has 0 bridgehead atoms. The van der Waals surface area contributed by atoms with Gasteiger partial charge in [0, 0.05) is 38.5 Å². The largest absolute Gasteiger partial charge is 0.453 e. The molecule has 10 rings (SSSR count). The third kappa shape index (κ3) is 4.61. The molecule has 0 unspecified atom stereocenters. The van der Waals surface area contributed by atoms with Crippen molar-refractivity contribution in [2.75, 3.05) is 4.90 Å². The topological polar surface area (TPSA) is 29.3 Å². The predicted octanol–water partition coefficient (Wildman–Crippen LogP) is 13.3. The van der Waals surface area contributed by atoms with Gasteiger partial charge in [-0.3, -0.25) is 0 Å².